The second-order valence-electron chi connectivity index (χ2n) is 36.1. The summed E-state index contributed by atoms with van der Waals surface area (Å²) in [4.78, 5) is 5.36. The summed E-state index contributed by atoms with van der Waals surface area (Å²) in [6.45, 7) is 27.5. The van der Waals surface area contributed by atoms with E-state index in [0.29, 0.717) is 0 Å². The third-order valence-electron chi connectivity index (χ3n) is 25.0. The van der Waals surface area contributed by atoms with Gasteiger partial charge in [-0.05, 0) is 194 Å². The SMILES string of the molecule is CC(C)(C)c1ccc2c(c1)c1cc(C(C)(C)C)ccc1n2-c1cc2c3c(c1)-c1ccccc1Oc1ccccc1-c1ccccc1N3c1cc(-n3c4ccccc4c4ccccc43)cc3c1B2c1cc(-n2c4ccc(C(C)(C)C)cc4c4cc(C(C)(C)C)ccc42)cc2c1N3c1ccccc1-c1ccccc1Oc1ccccc1-2. The van der Waals surface area contributed by atoms with E-state index in [0.717, 1.165) is 163 Å². The van der Waals surface area contributed by atoms with Crippen LogP contribution in [0.3, 0.4) is 0 Å². The second-order valence-corrected chi connectivity index (χ2v) is 36.1. The standard InChI is InChI=1S/C106H86BN5O2/c1-103(2,3)63-45-49-90-78(53-63)79-54-64(104(4,5)6)46-50-91(79)108(90)67-57-82-76-35-19-27-43-98(76)113-96-41-25-17-33-74(96)72-31-15-23-39-88(72)111-94-61-69(110-86-37-21-13-29-70(86)71-30-14-22-38-87(71)110)62-95-100(94)107(84(59-67)101(82)111)85-60-68(109-92-51-47-65(105(7,8)9)55-80(92)81-56-66(106(10,11)12)48-52-93(81)109)58-83-77-36-20-28-44-99(77)114-97-42-26-18-34-75(97)73-32-16-24-40-89(73)112(95)102(83)85/h13-62H,1-12H3. The summed E-state index contributed by atoms with van der Waals surface area (Å²) in [6, 6.07) is 115. The van der Waals surface area contributed by atoms with Gasteiger partial charge in [-0.2, -0.15) is 0 Å². The average Bonchev–Trinajstić information content (AvgIpc) is 0.945. The van der Waals surface area contributed by atoms with E-state index < -0.39 is 6.71 Å². The van der Waals surface area contributed by atoms with E-state index in [1.165, 1.54) is 60.0 Å². The molecule has 550 valence electrons. The number of rotatable bonds is 3. The Bertz CT molecular complexity index is 6630. The van der Waals surface area contributed by atoms with Crippen molar-refractivity contribution in [1.82, 2.24) is 13.7 Å². The van der Waals surface area contributed by atoms with Crippen molar-refractivity contribution in [2.24, 2.45) is 0 Å². The molecule has 0 amide bonds. The molecule has 7 nitrogen and oxygen atoms in total. The maximum absolute atomic E-state index is 7.60. The number of hydrogen-bond donors (Lipinski definition) is 0. The molecule has 4 aliphatic heterocycles. The smallest absolute Gasteiger partial charge is 0.252 e. The molecule has 0 unspecified atom stereocenters. The normalized spacial score (nSPS) is 13.5. The summed E-state index contributed by atoms with van der Waals surface area (Å²) in [6.07, 6.45) is 0. The summed E-state index contributed by atoms with van der Waals surface area (Å²) < 4.78 is 22.9. The van der Waals surface area contributed by atoms with Crippen LogP contribution in [0, 0.1) is 0 Å². The lowest BCUT2D eigenvalue weighted by molar-refractivity contribution is 0.486. The number of anilines is 6. The molecular formula is C106H86BN5O2. The highest BCUT2D eigenvalue weighted by Crippen LogP contribution is 2.58. The van der Waals surface area contributed by atoms with Gasteiger partial charge in [0, 0.05) is 111 Å². The second kappa shape index (κ2) is 24.2. The first kappa shape index (κ1) is 67.8. The zero-order chi connectivity index (χ0) is 77.3. The monoisotopic (exact) mass is 1470 g/mol. The van der Waals surface area contributed by atoms with Crippen molar-refractivity contribution >= 4 is 123 Å². The van der Waals surface area contributed by atoms with E-state index in [1.54, 1.807) is 0 Å². The van der Waals surface area contributed by atoms with Crippen LogP contribution in [0.2, 0.25) is 0 Å². The van der Waals surface area contributed by atoms with E-state index in [9.17, 15) is 0 Å². The van der Waals surface area contributed by atoms with Gasteiger partial charge in [0.2, 0.25) is 0 Å². The zero-order valence-electron chi connectivity index (χ0n) is 66.5. The van der Waals surface area contributed by atoms with E-state index in [1.807, 2.05) is 0 Å². The highest BCUT2D eigenvalue weighted by molar-refractivity contribution is 7.00. The van der Waals surface area contributed by atoms with Crippen molar-refractivity contribution < 1.29 is 9.47 Å². The molecule has 0 N–H and O–H groups in total. The molecule has 22 rings (SSSR count). The van der Waals surface area contributed by atoms with E-state index >= 15 is 0 Å². The van der Waals surface area contributed by atoms with Crippen molar-refractivity contribution in [1.29, 1.82) is 0 Å². The third-order valence-corrected chi connectivity index (χ3v) is 25.0. The molecule has 114 heavy (non-hydrogen) atoms. The average molecular weight is 1470 g/mol. The van der Waals surface area contributed by atoms with Crippen molar-refractivity contribution in [3.63, 3.8) is 0 Å². The van der Waals surface area contributed by atoms with Crippen LogP contribution in [0.15, 0.2) is 303 Å². The zero-order valence-corrected chi connectivity index (χ0v) is 66.5. The van der Waals surface area contributed by atoms with Crippen LogP contribution in [-0.2, 0) is 21.7 Å². The molecule has 0 atom stereocenters. The van der Waals surface area contributed by atoms with Gasteiger partial charge in [-0.25, -0.2) is 0 Å². The molecular weight excluding hydrogens is 1390 g/mol. The van der Waals surface area contributed by atoms with Crippen LogP contribution in [0.25, 0.3) is 127 Å². The number of ether oxygens (including phenoxy) is 2. The largest absolute Gasteiger partial charge is 0.456 e. The summed E-state index contributed by atoms with van der Waals surface area (Å²) in [7, 11) is 0. The van der Waals surface area contributed by atoms with Gasteiger partial charge < -0.3 is 33.0 Å². The number of benzene rings is 15. The van der Waals surface area contributed by atoms with Gasteiger partial charge in [-0.3, -0.25) is 0 Å². The van der Waals surface area contributed by atoms with Crippen molar-refractivity contribution in [3.8, 4) is 84.6 Å². The predicted molar refractivity (Wildman–Crippen MR) is 480 cm³/mol. The van der Waals surface area contributed by atoms with Crippen molar-refractivity contribution in [2.75, 3.05) is 9.80 Å². The van der Waals surface area contributed by atoms with Gasteiger partial charge in [0.25, 0.3) is 6.71 Å². The van der Waals surface area contributed by atoms with Crippen LogP contribution >= 0.6 is 0 Å². The van der Waals surface area contributed by atoms with Gasteiger partial charge in [-0.15, -0.1) is 0 Å². The minimum Gasteiger partial charge on any atom is -0.456 e. The van der Waals surface area contributed by atoms with Crippen molar-refractivity contribution in [2.45, 2.75) is 105 Å². The molecule has 0 spiro atoms. The first-order valence-corrected chi connectivity index (χ1v) is 40.3. The van der Waals surface area contributed by atoms with Gasteiger partial charge in [0.15, 0.2) is 0 Å². The summed E-state index contributed by atoms with van der Waals surface area (Å²) in [5.41, 5.74) is 32.6. The first-order valence-electron chi connectivity index (χ1n) is 40.3. The van der Waals surface area contributed by atoms with Crippen molar-refractivity contribution in [3.05, 3.63) is 326 Å². The quantitative estimate of drug-likeness (QED) is 0.165. The first-order chi connectivity index (χ1) is 55.1. The van der Waals surface area contributed by atoms with E-state index in [4.69, 9.17) is 9.47 Å². The summed E-state index contributed by atoms with van der Waals surface area (Å²) in [5.74, 6) is 3.08. The topological polar surface area (TPSA) is 39.7 Å². The summed E-state index contributed by atoms with van der Waals surface area (Å²) >= 11 is 0. The number of nitrogens with zero attached hydrogens (tertiary/aromatic N) is 5. The fourth-order valence-corrected chi connectivity index (χ4v) is 19.3. The number of hydrogen-bond acceptors (Lipinski definition) is 4. The highest BCUT2D eigenvalue weighted by atomic mass is 16.5. The van der Waals surface area contributed by atoms with E-state index in [2.05, 4.69) is 410 Å². The predicted octanol–water partition coefficient (Wildman–Crippen LogP) is 27.1. The van der Waals surface area contributed by atoms with Gasteiger partial charge in [-0.1, -0.05) is 253 Å². The minimum absolute atomic E-state index is 0.109. The van der Waals surface area contributed by atoms with Crippen LogP contribution in [0.5, 0.6) is 23.0 Å². The third kappa shape index (κ3) is 10.1. The Morgan fingerprint density at radius 3 is 0.833 bits per heavy atom. The van der Waals surface area contributed by atoms with Crippen LogP contribution in [0.1, 0.15) is 105 Å². The Labute approximate surface area is 666 Å². The molecule has 15 aromatic carbocycles. The maximum atomic E-state index is 7.60. The number of fused-ring (bicyclic) bond motifs is 25. The Kier molecular flexibility index (Phi) is 14.4. The molecule has 0 aliphatic carbocycles. The molecule has 0 saturated heterocycles. The molecule has 0 radical (unpaired) electrons. The van der Waals surface area contributed by atoms with Gasteiger partial charge in [0.1, 0.15) is 23.0 Å². The molecule has 0 bridgehead atoms. The molecule has 18 aromatic rings. The summed E-state index contributed by atoms with van der Waals surface area (Å²) in [5, 5.41) is 7.29. The number of aromatic nitrogens is 3. The Morgan fingerprint density at radius 2 is 0.500 bits per heavy atom. The molecule has 0 fully saturated rings. The fourth-order valence-electron chi connectivity index (χ4n) is 19.3. The van der Waals surface area contributed by atoms with E-state index in [-0.39, 0.29) is 21.7 Å². The Hall–Kier alpha value is -13.0. The van der Waals surface area contributed by atoms with Crippen LogP contribution in [0.4, 0.5) is 34.1 Å². The molecule has 0 saturated carbocycles. The Balaban J connectivity index is 0.975. The van der Waals surface area contributed by atoms with Gasteiger partial charge in [0.05, 0.1) is 50.2 Å². The van der Waals surface area contributed by atoms with Gasteiger partial charge >= 0.3 is 0 Å². The highest BCUT2D eigenvalue weighted by Gasteiger charge is 2.48. The molecule has 3 aromatic heterocycles. The lowest BCUT2D eigenvalue weighted by Gasteiger charge is -2.47. The minimum atomic E-state index is -0.468. The van der Waals surface area contributed by atoms with Crippen LogP contribution in [-0.4, -0.2) is 20.4 Å². The van der Waals surface area contributed by atoms with Crippen LogP contribution < -0.4 is 35.7 Å². The number of para-hydroxylation sites is 8. The maximum Gasteiger partial charge on any atom is 0.252 e. The molecule has 4 aliphatic rings. The molecule has 8 heteroatoms. The Morgan fingerprint density at radius 1 is 0.228 bits per heavy atom. The fraction of sp³-hybridized carbons (Fsp3) is 0.151. The molecule has 7 heterocycles. The lowest BCUT2D eigenvalue weighted by Crippen LogP contribution is -2.62. The lowest BCUT2D eigenvalue weighted by atomic mass is 9.33.